The van der Waals surface area contributed by atoms with Gasteiger partial charge in [-0.15, -0.1) is 0 Å². The third kappa shape index (κ3) is 3.07. The average Bonchev–Trinajstić information content (AvgIpc) is 2.99. The van der Waals surface area contributed by atoms with Crippen molar-refractivity contribution in [3.8, 4) is 6.07 Å². The SMILES string of the molecule is N#Cc1ccc(N2CCC3(CC2)CCN([C@H]2CC[C@H](O)CC2)C3=O)cc1. The van der Waals surface area contributed by atoms with Crippen LogP contribution in [0, 0.1) is 16.7 Å². The summed E-state index contributed by atoms with van der Waals surface area (Å²) in [6.45, 7) is 2.68. The molecule has 1 amide bonds. The molecule has 1 aliphatic carbocycles. The molecule has 5 nitrogen and oxygen atoms in total. The van der Waals surface area contributed by atoms with Gasteiger partial charge in [-0.1, -0.05) is 0 Å². The molecule has 2 saturated heterocycles. The van der Waals surface area contributed by atoms with E-state index in [1.165, 1.54) is 0 Å². The highest BCUT2D eigenvalue weighted by Gasteiger charge is 2.49. The van der Waals surface area contributed by atoms with Gasteiger partial charge in [-0.2, -0.15) is 5.26 Å². The summed E-state index contributed by atoms with van der Waals surface area (Å²) in [5.74, 6) is 0.360. The number of likely N-dealkylation sites (tertiary alicyclic amines) is 1. The highest BCUT2D eigenvalue weighted by atomic mass is 16.3. The monoisotopic (exact) mass is 353 g/mol. The van der Waals surface area contributed by atoms with Crippen LogP contribution in [-0.2, 0) is 4.79 Å². The Bertz CT molecular complexity index is 693. The molecule has 1 aromatic rings. The summed E-state index contributed by atoms with van der Waals surface area (Å²) in [5.41, 5.74) is 1.66. The fraction of sp³-hybridized carbons (Fsp3) is 0.619. The number of anilines is 1. The number of carbonyl (C=O) groups excluding carboxylic acids is 1. The first-order valence-corrected chi connectivity index (χ1v) is 9.86. The van der Waals surface area contributed by atoms with Crippen molar-refractivity contribution < 1.29 is 9.90 Å². The number of rotatable bonds is 2. The molecule has 0 unspecified atom stereocenters. The number of nitriles is 1. The van der Waals surface area contributed by atoms with Gasteiger partial charge in [0.2, 0.25) is 5.91 Å². The largest absolute Gasteiger partial charge is 0.393 e. The van der Waals surface area contributed by atoms with E-state index in [1.54, 1.807) is 0 Å². The predicted octanol–water partition coefficient (Wildman–Crippen LogP) is 2.68. The molecular weight excluding hydrogens is 326 g/mol. The average molecular weight is 353 g/mol. The number of nitrogens with zero attached hydrogens (tertiary/aromatic N) is 3. The first-order chi connectivity index (χ1) is 12.6. The summed E-state index contributed by atoms with van der Waals surface area (Å²) in [7, 11) is 0. The summed E-state index contributed by atoms with van der Waals surface area (Å²) < 4.78 is 0. The van der Waals surface area contributed by atoms with E-state index in [1.807, 2.05) is 24.3 Å². The van der Waals surface area contributed by atoms with Crippen LogP contribution in [0.3, 0.4) is 0 Å². The normalized spacial score (nSPS) is 28.4. The zero-order valence-corrected chi connectivity index (χ0v) is 15.2. The summed E-state index contributed by atoms with van der Waals surface area (Å²) in [4.78, 5) is 17.7. The zero-order valence-electron chi connectivity index (χ0n) is 15.2. The van der Waals surface area contributed by atoms with Gasteiger partial charge in [-0.25, -0.2) is 0 Å². The molecule has 0 bridgehead atoms. The summed E-state index contributed by atoms with van der Waals surface area (Å²) in [5, 5.41) is 18.7. The molecule has 1 aromatic carbocycles. The molecule has 0 atom stereocenters. The molecule has 0 aromatic heterocycles. The fourth-order valence-corrected chi connectivity index (χ4v) is 4.97. The van der Waals surface area contributed by atoms with E-state index in [0.717, 1.165) is 70.3 Å². The number of piperidine rings is 1. The molecule has 1 spiro atoms. The number of hydrogen-bond acceptors (Lipinski definition) is 4. The van der Waals surface area contributed by atoms with Gasteiger partial charge in [0, 0.05) is 31.4 Å². The first kappa shape index (κ1) is 17.4. The van der Waals surface area contributed by atoms with Crippen molar-refractivity contribution in [1.82, 2.24) is 4.90 Å². The van der Waals surface area contributed by atoms with E-state index in [9.17, 15) is 9.90 Å². The molecule has 2 heterocycles. The van der Waals surface area contributed by atoms with Gasteiger partial charge in [0.05, 0.1) is 23.2 Å². The molecule has 1 N–H and O–H groups in total. The van der Waals surface area contributed by atoms with Crippen molar-refractivity contribution in [1.29, 1.82) is 5.26 Å². The maximum absolute atomic E-state index is 13.2. The van der Waals surface area contributed by atoms with Crippen LogP contribution in [0.15, 0.2) is 24.3 Å². The number of benzene rings is 1. The van der Waals surface area contributed by atoms with E-state index in [4.69, 9.17) is 5.26 Å². The van der Waals surface area contributed by atoms with Crippen LogP contribution in [0.2, 0.25) is 0 Å². The second-order valence-corrected chi connectivity index (χ2v) is 8.14. The lowest BCUT2D eigenvalue weighted by Gasteiger charge is -2.40. The molecule has 4 rings (SSSR count). The maximum atomic E-state index is 13.2. The first-order valence-electron chi connectivity index (χ1n) is 9.86. The number of aliphatic hydroxyl groups is 1. The minimum Gasteiger partial charge on any atom is -0.393 e. The third-order valence-corrected chi connectivity index (χ3v) is 6.73. The summed E-state index contributed by atoms with van der Waals surface area (Å²) >= 11 is 0. The topological polar surface area (TPSA) is 67.6 Å². The summed E-state index contributed by atoms with van der Waals surface area (Å²) in [6.07, 6.45) is 6.18. The van der Waals surface area contributed by atoms with Crippen molar-refractivity contribution in [2.24, 2.45) is 5.41 Å². The van der Waals surface area contributed by atoms with Crippen LogP contribution < -0.4 is 4.90 Å². The lowest BCUT2D eigenvalue weighted by atomic mass is 9.77. The van der Waals surface area contributed by atoms with Crippen molar-refractivity contribution in [3.05, 3.63) is 29.8 Å². The second kappa shape index (κ2) is 6.92. The van der Waals surface area contributed by atoms with Crippen LogP contribution in [0.4, 0.5) is 5.69 Å². The molecule has 3 aliphatic rings. The van der Waals surface area contributed by atoms with Crippen LogP contribution in [0.25, 0.3) is 0 Å². The molecule has 2 aliphatic heterocycles. The smallest absolute Gasteiger partial charge is 0.229 e. The Morgan fingerprint density at radius 1 is 1.00 bits per heavy atom. The van der Waals surface area contributed by atoms with E-state index >= 15 is 0 Å². The lowest BCUT2D eigenvalue weighted by molar-refractivity contribution is -0.139. The van der Waals surface area contributed by atoms with E-state index in [0.29, 0.717) is 17.5 Å². The van der Waals surface area contributed by atoms with Gasteiger partial charge in [0.15, 0.2) is 0 Å². The van der Waals surface area contributed by atoms with Gasteiger partial charge in [0.25, 0.3) is 0 Å². The molecule has 26 heavy (non-hydrogen) atoms. The van der Waals surface area contributed by atoms with Crippen molar-refractivity contribution in [2.45, 2.75) is 57.1 Å². The van der Waals surface area contributed by atoms with Crippen molar-refractivity contribution in [2.75, 3.05) is 24.5 Å². The number of hydrogen-bond donors (Lipinski definition) is 1. The lowest BCUT2D eigenvalue weighted by Crippen LogP contribution is -2.47. The minimum absolute atomic E-state index is 0.168. The highest BCUT2D eigenvalue weighted by Crippen LogP contribution is 2.44. The number of amides is 1. The van der Waals surface area contributed by atoms with Gasteiger partial charge < -0.3 is 14.9 Å². The van der Waals surface area contributed by atoms with Crippen LogP contribution in [0.1, 0.15) is 50.5 Å². The molecule has 1 saturated carbocycles. The fourth-order valence-electron chi connectivity index (χ4n) is 4.97. The summed E-state index contributed by atoms with van der Waals surface area (Å²) in [6, 6.07) is 10.2. The van der Waals surface area contributed by atoms with Crippen molar-refractivity contribution >= 4 is 11.6 Å². The van der Waals surface area contributed by atoms with Crippen LogP contribution in [0.5, 0.6) is 0 Å². The number of aliphatic hydroxyl groups excluding tert-OH is 1. The zero-order chi connectivity index (χ0) is 18.1. The third-order valence-electron chi connectivity index (χ3n) is 6.73. The van der Waals surface area contributed by atoms with Gasteiger partial charge in [-0.05, 0) is 69.2 Å². The standard InChI is InChI=1S/C21H27N3O2/c22-15-16-1-3-17(4-2-16)23-12-9-21(10-13-23)11-14-24(20(21)26)18-5-7-19(25)8-6-18/h1-4,18-19,25H,5-14H2/t18-,19-. The minimum atomic E-state index is -0.173. The van der Waals surface area contributed by atoms with E-state index in [2.05, 4.69) is 15.9 Å². The number of carbonyl (C=O) groups is 1. The predicted molar refractivity (Wildman–Crippen MR) is 99.6 cm³/mol. The van der Waals surface area contributed by atoms with Crippen LogP contribution in [-0.4, -0.2) is 47.7 Å². The van der Waals surface area contributed by atoms with E-state index < -0.39 is 0 Å². The van der Waals surface area contributed by atoms with Crippen LogP contribution >= 0.6 is 0 Å². The second-order valence-electron chi connectivity index (χ2n) is 8.14. The molecular formula is C21H27N3O2. The quantitative estimate of drug-likeness (QED) is 0.888. The Morgan fingerprint density at radius 3 is 2.23 bits per heavy atom. The Labute approximate surface area is 155 Å². The Morgan fingerprint density at radius 2 is 1.62 bits per heavy atom. The Kier molecular flexibility index (Phi) is 4.62. The molecule has 3 fully saturated rings. The van der Waals surface area contributed by atoms with Gasteiger partial charge >= 0.3 is 0 Å². The Hall–Kier alpha value is -2.06. The van der Waals surface area contributed by atoms with Gasteiger partial charge in [-0.3, -0.25) is 4.79 Å². The molecule has 138 valence electrons. The van der Waals surface area contributed by atoms with Crippen molar-refractivity contribution in [3.63, 3.8) is 0 Å². The maximum Gasteiger partial charge on any atom is 0.229 e. The molecule has 5 heteroatoms. The highest BCUT2D eigenvalue weighted by molar-refractivity contribution is 5.85. The van der Waals surface area contributed by atoms with Gasteiger partial charge in [0.1, 0.15) is 0 Å². The Balaban J connectivity index is 1.39. The molecule has 0 radical (unpaired) electrons. The van der Waals surface area contributed by atoms with E-state index in [-0.39, 0.29) is 11.5 Å².